The number of benzene rings is 1. The average Bonchev–Trinajstić information content (AvgIpc) is 3.08. The predicted octanol–water partition coefficient (Wildman–Crippen LogP) is 3.33. The van der Waals surface area contributed by atoms with E-state index in [4.69, 9.17) is 10.5 Å². The second-order valence-electron chi connectivity index (χ2n) is 5.67. The minimum Gasteiger partial charge on any atom is -0.490 e. The molecule has 0 amide bonds. The molecule has 5 nitrogen and oxygen atoms in total. The summed E-state index contributed by atoms with van der Waals surface area (Å²) in [6.07, 6.45) is 6.84. The van der Waals surface area contributed by atoms with Crippen molar-refractivity contribution in [2.24, 2.45) is 10.7 Å². The average molecular weight is 310 g/mol. The van der Waals surface area contributed by atoms with Crippen LogP contribution in [0.4, 0.5) is 5.82 Å². The molecule has 0 spiro atoms. The lowest BCUT2D eigenvalue weighted by Crippen LogP contribution is -2.23. The molecule has 0 saturated heterocycles. The van der Waals surface area contributed by atoms with E-state index in [1.54, 1.807) is 6.20 Å². The Morgan fingerprint density at radius 1 is 1.17 bits per heavy atom. The summed E-state index contributed by atoms with van der Waals surface area (Å²) in [6.45, 7) is 0.481. The monoisotopic (exact) mass is 310 g/mol. The summed E-state index contributed by atoms with van der Waals surface area (Å²) < 4.78 is 6.11. The molecule has 0 unspecified atom stereocenters. The van der Waals surface area contributed by atoms with Crippen molar-refractivity contribution in [1.82, 2.24) is 4.98 Å². The van der Waals surface area contributed by atoms with Gasteiger partial charge in [-0.15, -0.1) is 0 Å². The third-order valence-corrected chi connectivity index (χ3v) is 3.91. The Hall–Kier alpha value is -2.56. The molecule has 1 saturated carbocycles. The van der Waals surface area contributed by atoms with Gasteiger partial charge in [0.1, 0.15) is 11.6 Å². The van der Waals surface area contributed by atoms with Gasteiger partial charge < -0.3 is 15.8 Å². The van der Waals surface area contributed by atoms with E-state index < -0.39 is 0 Å². The zero-order chi connectivity index (χ0) is 15.9. The van der Waals surface area contributed by atoms with E-state index in [2.05, 4.69) is 15.3 Å². The largest absolute Gasteiger partial charge is 0.490 e. The van der Waals surface area contributed by atoms with Crippen LogP contribution in [0.1, 0.15) is 31.2 Å². The first-order valence-electron chi connectivity index (χ1n) is 8.04. The number of nitrogens with zero attached hydrogens (tertiary/aromatic N) is 2. The van der Waals surface area contributed by atoms with E-state index in [9.17, 15) is 0 Å². The van der Waals surface area contributed by atoms with Crippen LogP contribution in [0.3, 0.4) is 0 Å². The van der Waals surface area contributed by atoms with Gasteiger partial charge in [0.25, 0.3) is 0 Å². The SMILES string of the molecule is NC(=NCc1ccccc1OC1CCCC1)Nc1ccccn1. The van der Waals surface area contributed by atoms with Crippen molar-refractivity contribution in [3.05, 3.63) is 54.2 Å². The molecule has 3 N–H and O–H groups in total. The molecule has 1 fully saturated rings. The molecule has 1 aromatic heterocycles. The smallest absolute Gasteiger partial charge is 0.194 e. The maximum absolute atomic E-state index is 6.11. The standard InChI is InChI=1S/C18H22N4O/c19-18(22-17-11-5-6-12-20-17)21-13-14-7-1-4-10-16(14)23-15-8-2-3-9-15/h1,4-7,10-12,15H,2-3,8-9,13H2,(H3,19,20,21,22). The fourth-order valence-corrected chi connectivity index (χ4v) is 2.71. The van der Waals surface area contributed by atoms with Crippen molar-refractivity contribution in [2.45, 2.75) is 38.3 Å². The van der Waals surface area contributed by atoms with Crippen LogP contribution >= 0.6 is 0 Å². The quantitative estimate of drug-likeness (QED) is 0.656. The molecule has 2 aromatic rings. The molecular formula is C18H22N4O. The Bertz CT molecular complexity index is 651. The zero-order valence-electron chi connectivity index (χ0n) is 13.1. The minimum absolute atomic E-state index is 0.337. The van der Waals surface area contributed by atoms with Crippen molar-refractivity contribution in [2.75, 3.05) is 5.32 Å². The topological polar surface area (TPSA) is 72.5 Å². The molecule has 1 aromatic carbocycles. The highest BCUT2D eigenvalue weighted by Crippen LogP contribution is 2.27. The van der Waals surface area contributed by atoms with Crippen LogP contribution in [0, 0.1) is 0 Å². The fraction of sp³-hybridized carbons (Fsp3) is 0.333. The lowest BCUT2D eigenvalue weighted by atomic mass is 10.2. The van der Waals surface area contributed by atoms with E-state index >= 15 is 0 Å². The highest BCUT2D eigenvalue weighted by atomic mass is 16.5. The number of aromatic nitrogens is 1. The third kappa shape index (κ3) is 4.45. The third-order valence-electron chi connectivity index (χ3n) is 3.91. The predicted molar refractivity (Wildman–Crippen MR) is 92.5 cm³/mol. The first-order valence-corrected chi connectivity index (χ1v) is 8.04. The van der Waals surface area contributed by atoms with E-state index in [0.29, 0.717) is 24.4 Å². The van der Waals surface area contributed by atoms with Crippen molar-refractivity contribution in [3.8, 4) is 5.75 Å². The van der Waals surface area contributed by atoms with E-state index in [1.807, 2.05) is 42.5 Å². The summed E-state index contributed by atoms with van der Waals surface area (Å²) in [4.78, 5) is 8.55. The van der Waals surface area contributed by atoms with Crippen molar-refractivity contribution in [3.63, 3.8) is 0 Å². The van der Waals surface area contributed by atoms with E-state index in [-0.39, 0.29) is 0 Å². The van der Waals surface area contributed by atoms with Gasteiger partial charge in [-0.3, -0.25) is 0 Å². The number of rotatable bonds is 5. The summed E-state index contributed by atoms with van der Waals surface area (Å²) >= 11 is 0. The molecule has 5 heteroatoms. The van der Waals surface area contributed by atoms with Crippen molar-refractivity contribution in [1.29, 1.82) is 0 Å². The van der Waals surface area contributed by atoms with Gasteiger partial charge in [0.15, 0.2) is 5.96 Å². The molecule has 1 aliphatic rings. The van der Waals surface area contributed by atoms with Gasteiger partial charge in [-0.05, 0) is 43.9 Å². The van der Waals surface area contributed by atoms with Crippen molar-refractivity contribution < 1.29 is 4.74 Å². The maximum Gasteiger partial charge on any atom is 0.194 e. The van der Waals surface area contributed by atoms with Crippen molar-refractivity contribution >= 4 is 11.8 Å². The second kappa shape index (κ2) is 7.63. The number of para-hydroxylation sites is 1. The fourth-order valence-electron chi connectivity index (χ4n) is 2.71. The minimum atomic E-state index is 0.337. The Morgan fingerprint density at radius 3 is 2.74 bits per heavy atom. The molecule has 0 radical (unpaired) electrons. The van der Waals surface area contributed by atoms with Crippen LogP contribution in [0.2, 0.25) is 0 Å². The van der Waals surface area contributed by atoms with Gasteiger partial charge >= 0.3 is 0 Å². The van der Waals surface area contributed by atoms with Crippen LogP contribution in [-0.2, 0) is 6.54 Å². The molecular weight excluding hydrogens is 288 g/mol. The molecule has 23 heavy (non-hydrogen) atoms. The van der Waals surface area contributed by atoms with E-state index in [0.717, 1.165) is 24.2 Å². The molecule has 3 rings (SSSR count). The van der Waals surface area contributed by atoms with Gasteiger partial charge in [-0.1, -0.05) is 24.3 Å². The highest BCUT2D eigenvalue weighted by molar-refractivity contribution is 5.91. The van der Waals surface area contributed by atoms with Gasteiger partial charge in [-0.2, -0.15) is 0 Å². The Morgan fingerprint density at radius 2 is 1.96 bits per heavy atom. The summed E-state index contributed by atoms with van der Waals surface area (Å²) in [5.41, 5.74) is 6.97. The number of nitrogens with two attached hydrogens (primary N) is 1. The molecule has 0 bridgehead atoms. The maximum atomic E-state index is 6.11. The zero-order valence-corrected chi connectivity index (χ0v) is 13.1. The van der Waals surface area contributed by atoms with Crippen LogP contribution in [0.5, 0.6) is 5.75 Å². The first-order chi connectivity index (χ1) is 11.3. The highest BCUT2D eigenvalue weighted by Gasteiger charge is 2.17. The Balaban J connectivity index is 1.63. The molecule has 120 valence electrons. The van der Waals surface area contributed by atoms with Crippen LogP contribution in [0.15, 0.2) is 53.7 Å². The number of anilines is 1. The normalized spacial score (nSPS) is 15.6. The number of hydrogen-bond acceptors (Lipinski definition) is 3. The van der Waals surface area contributed by atoms with Crippen LogP contribution < -0.4 is 15.8 Å². The number of nitrogens with one attached hydrogen (secondary N) is 1. The molecule has 0 atom stereocenters. The number of pyridine rings is 1. The lowest BCUT2D eigenvalue weighted by molar-refractivity contribution is 0.208. The summed E-state index contributed by atoms with van der Waals surface area (Å²) in [5, 5.41) is 2.98. The van der Waals surface area contributed by atoms with Gasteiger partial charge in [0, 0.05) is 11.8 Å². The number of guanidine groups is 1. The van der Waals surface area contributed by atoms with Gasteiger partial charge in [0.05, 0.1) is 12.6 Å². The number of ether oxygens (including phenoxy) is 1. The molecule has 1 aliphatic carbocycles. The molecule has 0 aliphatic heterocycles. The first kappa shape index (κ1) is 15.3. The van der Waals surface area contributed by atoms with E-state index in [1.165, 1.54) is 12.8 Å². The second-order valence-corrected chi connectivity index (χ2v) is 5.67. The Kier molecular flexibility index (Phi) is 5.09. The lowest BCUT2D eigenvalue weighted by Gasteiger charge is -2.15. The number of aliphatic imine (C=N–C) groups is 1. The summed E-state index contributed by atoms with van der Waals surface area (Å²) in [7, 11) is 0. The van der Waals surface area contributed by atoms with Gasteiger partial charge in [-0.25, -0.2) is 9.98 Å². The van der Waals surface area contributed by atoms with Crippen LogP contribution in [-0.4, -0.2) is 17.0 Å². The molecule has 1 heterocycles. The summed E-state index contributed by atoms with van der Waals surface area (Å²) in [6, 6.07) is 13.6. The Labute approximate surface area is 136 Å². The summed E-state index contributed by atoms with van der Waals surface area (Å²) in [5.74, 6) is 1.94. The van der Waals surface area contributed by atoms with Crippen LogP contribution in [0.25, 0.3) is 0 Å². The van der Waals surface area contributed by atoms with Gasteiger partial charge in [0.2, 0.25) is 0 Å². The number of hydrogen-bond donors (Lipinski definition) is 2.